The van der Waals surface area contributed by atoms with E-state index in [0.717, 1.165) is 32.4 Å². The summed E-state index contributed by atoms with van der Waals surface area (Å²) in [5, 5.41) is 13.9. The van der Waals surface area contributed by atoms with Crippen LogP contribution in [0.5, 0.6) is 0 Å². The van der Waals surface area contributed by atoms with Crippen molar-refractivity contribution in [2.75, 3.05) is 20.3 Å². The molecule has 3 nitrogen and oxygen atoms in total. The van der Waals surface area contributed by atoms with Crippen LogP contribution in [0.2, 0.25) is 0 Å². The molecule has 1 aliphatic rings. The van der Waals surface area contributed by atoms with Gasteiger partial charge >= 0.3 is 0 Å². The van der Waals surface area contributed by atoms with E-state index in [9.17, 15) is 5.11 Å². The van der Waals surface area contributed by atoms with Crippen molar-refractivity contribution in [1.82, 2.24) is 5.32 Å². The first kappa shape index (κ1) is 14.9. The predicted octanol–water partition coefficient (Wildman–Crippen LogP) is 2.48. The fourth-order valence-corrected chi connectivity index (χ4v) is 2.62. The van der Waals surface area contributed by atoms with Crippen molar-refractivity contribution in [2.24, 2.45) is 0 Å². The molecule has 2 N–H and O–H groups in total. The Balaban J connectivity index is 2.28. The summed E-state index contributed by atoms with van der Waals surface area (Å²) in [6, 6.07) is 0.394. The first-order valence-corrected chi connectivity index (χ1v) is 7.15. The summed E-state index contributed by atoms with van der Waals surface area (Å²) in [7, 11) is 1.75. The smallest absolute Gasteiger partial charge is 0.0771 e. The zero-order valence-electron chi connectivity index (χ0n) is 11.5. The molecule has 0 aliphatic heterocycles. The Labute approximate surface area is 106 Å². The number of hydrogen-bond donors (Lipinski definition) is 2. The standard InChI is InChI=1S/C14H29NO2/c1-3-4-8-13(11-17-2)15-12-14(16)9-6-5-7-10-14/h13,15-16H,3-12H2,1-2H3. The fourth-order valence-electron chi connectivity index (χ4n) is 2.62. The maximum Gasteiger partial charge on any atom is 0.0771 e. The highest BCUT2D eigenvalue weighted by Gasteiger charge is 2.29. The van der Waals surface area contributed by atoms with E-state index in [1.807, 2.05) is 0 Å². The summed E-state index contributed by atoms with van der Waals surface area (Å²) in [6.45, 7) is 3.68. The van der Waals surface area contributed by atoms with Crippen molar-refractivity contribution in [3.8, 4) is 0 Å². The van der Waals surface area contributed by atoms with Gasteiger partial charge in [-0.3, -0.25) is 0 Å². The lowest BCUT2D eigenvalue weighted by Crippen LogP contribution is -2.46. The minimum absolute atomic E-state index is 0.394. The van der Waals surface area contributed by atoms with Crippen LogP contribution in [-0.2, 0) is 4.74 Å². The topological polar surface area (TPSA) is 41.5 Å². The summed E-state index contributed by atoms with van der Waals surface area (Å²) < 4.78 is 5.23. The molecule has 0 aromatic rings. The molecule has 1 saturated carbocycles. The Hall–Kier alpha value is -0.120. The quantitative estimate of drug-likeness (QED) is 0.688. The maximum atomic E-state index is 10.4. The van der Waals surface area contributed by atoms with Crippen LogP contribution in [0.3, 0.4) is 0 Å². The van der Waals surface area contributed by atoms with Gasteiger partial charge in [0.1, 0.15) is 0 Å². The number of ether oxygens (including phenoxy) is 1. The van der Waals surface area contributed by atoms with E-state index in [-0.39, 0.29) is 0 Å². The molecule has 102 valence electrons. The summed E-state index contributed by atoms with van der Waals surface area (Å²) in [5.74, 6) is 0. The molecule has 1 unspecified atom stereocenters. The second-order valence-electron chi connectivity index (χ2n) is 5.46. The van der Waals surface area contributed by atoms with Gasteiger partial charge in [-0.1, -0.05) is 39.0 Å². The molecule has 0 aromatic carbocycles. The van der Waals surface area contributed by atoms with Crippen molar-refractivity contribution < 1.29 is 9.84 Å². The van der Waals surface area contributed by atoms with Crippen LogP contribution >= 0.6 is 0 Å². The Morgan fingerprint density at radius 2 is 2.00 bits per heavy atom. The second kappa shape index (κ2) is 8.06. The number of unbranched alkanes of at least 4 members (excludes halogenated alkanes) is 1. The van der Waals surface area contributed by atoms with Crippen molar-refractivity contribution >= 4 is 0 Å². The highest BCUT2D eigenvalue weighted by atomic mass is 16.5. The van der Waals surface area contributed by atoms with Crippen molar-refractivity contribution in [1.29, 1.82) is 0 Å². The molecule has 1 atom stereocenters. The lowest BCUT2D eigenvalue weighted by molar-refractivity contribution is -0.000138. The third-order valence-corrected chi connectivity index (χ3v) is 3.78. The Morgan fingerprint density at radius 1 is 1.29 bits per heavy atom. The van der Waals surface area contributed by atoms with Crippen LogP contribution in [0.25, 0.3) is 0 Å². The summed E-state index contributed by atoms with van der Waals surface area (Å²) in [6.07, 6.45) is 9.09. The molecule has 1 fully saturated rings. The number of hydrogen-bond acceptors (Lipinski definition) is 3. The minimum atomic E-state index is -0.462. The molecule has 0 heterocycles. The number of methoxy groups -OCH3 is 1. The minimum Gasteiger partial charge on any atom is -0.389 e. The second-order valence-corrected chi connectivity index (χ2v) is 5.46. The van der Waals surface area contributed by atoms with E-state index < -0.39 is 5.60 Å². The highest BCUT2D eigenvalue weighted by molar-refractivity contribution is 4.85. The number of nitrogens with one attached hydrogen (secondary N) is 1. The van der Waals surface area contributed by atoms with Gasteiger partial charge in [0.25, 0.3) is 0 Å². The van der Waals surface area contributed by atoms with Gasteiger partial charge in [0, 0.05) is 19.7 Å². The number of rotatable bonds is 8. The van der Waals surface area contributed by atoms with E-state index >= 15 is 0 Å². The third kappa shape index (κ3) is 5.84. The highest BCUT2D eigenvalue weighted by Crippen LogP contribution is 2.27. The Kier molecular flexibility index (Phi) is 7.09. The summed E-state index contributed by atoms with van der Waals surface area (Å²) in [5.41, 5.74) is -0.462. The van der Waals surface area contributed by atoms with Gasteiger partial charge < -0.3 is 15.2 Å². The zero-order valence-corrected chi connectivity index (χ0v) is 11.5. The van der Waals surface area contributed by atoms with Gasteiger partial charge in [-0.05, 0) is 19.3 Å². The Bertz CT molecular complexity index is 191. The molecule has 1 rings (SSSR count). The molecule has 0 radical (unpaired) electrons. The molecule has 0 spiro atoms. The van der Waals surface area contributed by atoms with Crippen LogP contribution in [0.15, 0.2) is 0 Å². The molecular formula is C14H29NO2. The molecule has 0 aromatic heterocycles. The molecule has 0 amide bonds. The van der Waals surface area contributed by atoms with Crippen molar-refractivity contribution in [2.45, 2.75) is 69.9 Å². The van der Waals surface area contributed by atoms with E-state index in [2.05, 4.69) is 12.2 Å². The van der Waals surface area contributed by atoms with Crippen molar-refractivity contribution in [3.05, 3.63) is 0 Å². The average molecular weight is 243 g/mol. The molecule has 17 heavy (non-hydrogen) atoms. The van der Waals surface area contributed by atoms with Crippen LogP contribution in [0, 0.1) is 0 Å². The normalized spacial score (nSPS) is 21.4. The van der Waals surface area contributed by atoms with Crippen molar-refractivity contribution in [3.63, 3.8) is 0 Å². The largest absolute Gasteiger partial charge is 0.389 e. The van der Waals surface area contributed by atoms with Gasteiger partial charge in [0.15, 0.2) is 0 Å². The molecule has 1 aliphatic carbocycles. The first-order valence-electron chi connectivity index (χ1n) is 7.15. The van der Waals surface area contributed by atoms with E-state index in [1.54, 1.807) is 7.11 Å². The zero-order chi connectivity index (χ0) is 12.6. The van der Waals surface area contributed by atoms with E-state index in [0.29, 0.717) is 6.04 Å². The van der Waals surface area contributed by atoms with E-state index in [1.165, 1.54) is 32.1 Å². The molecule has 3 heteroatoms. The lowest BCUT2D eigenvalue weighted by Gasteiger charge is -2.34. The van der Waals surface area contributed by atoms with Gasteiger partial charge in [-0.2, -0.15) is 0 Å². The maximum absolute atomic E-state index is 10.4. The van der Waals surface area contributed by atoms with Gasteiger partial charge in [-0.15, -0.1) is 0 Å². The van der Waals surface area contributed by atoms with E-state index in [4.69, 9.17) is 4.74 Å². The molecule has 0 saturated heterocycles. The molecule has 0 bridgehead atoms. The van der Waals surface area contributed by atoms with Crippen LogP contribution in [0.4, 0.5) is 0 Å². The SMILES string of the molecule is CCCCC(COC)NCC1(O)CCCCC1. The fraction of sp³-hybridized carbons (Fsp3) is 1.00. The first-order chi connectivity index (χ1) is 8.20. The summed E-state index contributed by atoms with van der Waals surface area (Å²) in [4.78, 5) is 0. The predicted molar refractivity (Wildman–Crippen MR) is 71.2 cm³/mol. The third-order valence-electron chi connectivity index (χ3n) is 3.78. The monoisotopic (exact) mass is 243 g/mol. The van der Waals surface area contributed by atoms with Crippen LogP contribution in [0.1, 0.15) is 58.3 Å². The van der Waals surface area contributed by atoms with Gasteiger partial charge in [0.2, 0.25) is 0 Å². The van der Waals surface area contributed by atoms with Gasteiger partial charge in [0.05, 0.1) is 12.2 Å². The van der Waals surface area contributed by atoms with Crippen LogP contribution < -0.4 is 5.32 Å². The number of aliphatic hydroxyl groups is 1. The molecular weight excluding hydrogens is 214 g/mol. The van der Waals surface area contributed by atoms with Gasteiger partial charge in [-0.25, -0.2) is 0 Å². The Morgan fingerprint density at radius 3 is 2.59 bits per heavy atom. The summed E-state index contributed by atoms with van der Waals surface area (Å²) >= 11 is 0. The average Bonchev–Trinajstić information content (AvgIpc) is 2.34. The van der Waals surface area contributed by atoms with Crippen LogP contribution in [-0.4, -0.2) is 37.0 Å². The lowest BCUT2D eigenvalue weighted by atomic mass is 9.84.